The lowest BCUT2D eigenvalue weighted by atomic mass is 10.4. The smallest absolute Gasteiger partial charge is 0.318 e. The van der Waals surface area contributed by atoms with Crippen molar-refractivity contribution in [1.82, 2.24) is 0 Å². The van der Waals surface area contributed by atoms with Crippen LogP contribution in [0.1, 0.15) is 13.8 Å². The Labute approximate surface area is 95.4 Å². The molecule has 0 fully saturated rings. The number of hydrogen-bond acceptors (Lipinski definition) is 6. The van der Waals surface area contributed by atoms with Crippen molar-refractivity contribution in [3.8, 4) is 0 Å². The molecule has 16 heavy (non-hydrogen) atoms. The summed E-state index contributed by atoms with van der Waals surface area (Å²) >= 11 is 0. The van der Waals surface area contributed by atoms with Crippen molar-refractivity contribution in [3.63, 3.8) is 0 Å². The van der Waals surface area contributed by atoms with Gasteiger partial charge in [0.15, 0.2) is 0 Å². The largest absolute Gasteiger partial charge is 0.394 e. The van der Waals surface area contributed by atoms with E-state index in [9.17, 15) is 14.2 Å². The molecule has 0 spiro atoms. The highest BCUT2D eigenvalue weighted by atomic mass is 31.1. The van der Waals surface area contributed by atoms with Crippen LogP contribution in [0.4, 0.5) is 0 Å². The van der Waals surface area contributed by atoms with Gasteiger partial charge >= 0.3 is 7.68 Å². The summed E-state index contributed by atoms with van der Waals surface area (Å²) in [6.45, 7) is 3.66. The summed E-state index contributed by atoms with van der Waals surface area (Å²) in [7, 11) is -2.59. The third-order valence-corrected chi connectivity index (χ3v) is 2.53. The lowest BCUT2D eigenvalue weighted by Crippen LogP contribution is -2.26. The maximum Gasteiger partial charge on any atom is 0.318 e. The van der Waals surface area contributed by atoms with E-state index in [4.69, 9.17) is 14.6 Å². The number of rotatable bonds is 9. The minimum atomic E-state index is -2.59. The number of aliphatic hydroxyl groups excluding tert-OH is 2. The standard InChI is InChI=1S/C9H19O6P/c1-7(3-10)14-4-8(2)15-5-9(11)6-16(12)13/h7-11H,3-6H2,1-2H3. The fourth-order valence-electron chi connectivity index (χ4n) is 0.901. The van der Waals surface area contributed by atoms with Gasteiger partial charge in [-0.1, -0.05) is 0 Å². The third kappa shape index (κ3) is 9.00. The maximum atomic E-state index is 10.3. The van der Waals surface area contributed by atoms with Crippen LogP contribution in [-0.4, -0.2) is 54.5 Å². The third-order valence-electron chi connectivity index (χ3n) is 1.81. The predicted octanol–water partition coefficient (Wildman–Crippen LogP) is 0.323. The van der Waals surface area contributed by atoms with E-state index < -0.39 is 13.8 Å². The van der Waals surface area contributed by atoms with Crippen molar-refractivity contribution in [3.05, 3.63) is 0 Å². The summed E-state index contributed by atoms with van der Waals surface area (Å²) in [5.41, 5.74) is 0. The molecule has 7 heteroatoms. The Morgan fingerprint density at radius 2 is 1.69 bits per heavy atom. The fraction of sp³-hybridized carbons (Fsp3) is 1.00. The van der Waals surface area contributed by atoms with Gasteiger partial charge in [-0.15, -0.1) is 0 Å². The molecule has 0 aromatic rings. The quantitative estimate of drug-likeness (QED) is 0.576. The van der Waals surface area contributed by atoms with Crippen LogP contribution in [0.2, 0.25) is 0 Å². The van der Waals surface area contributed by atoms with Gasteiger partial charge in [0.05, 0.1) is 44.3 Å². The van der Waals surface area contributed by atoms with Gasteiger partial charge in [0.1, 0.15) is 0 Å². The van der Waals surface area contributed by atoms with E-state index in [1.165, 1.54) is 0 Å². The average Bonchev–Trinajstić information content (AvgIpc) is 2.22. The molecule has 0 heterocycles. The van der Waals surface area contributed by atoms with Crippen LogP contribution in [0.5, 0.6) is 0 Å². The molecule has 2 N–H and O–H groups in total. The monoisotopic (exact) mass is 254 g/mol. The second-order valence-corrected chi connectivity index (χ2v) is 4.67. The van der Waals surface area contributed by atoms with Crippen LogP contribution in [0.15, 0.2) is 0 Å². The molecule has 0 saturated heterocycles. The topological polar surface area (TPSA) is 93.1 Å². The molecular formula is C9H19O6P. The molecule has 0 aromatic carbocycles. The van der Waals surface area contributed by atoms with E-state index in [-0.39, 0.29) is 38.2 Å². The summed E-state index contributed by atoms with van der Waals surface area (Å²) in [4.78, 5) is 0. The molecule has 0 bridgehead atoms. The molecular weight excluding hydrogens is 235 g/mol. The van der Waals surface area contributed by atoms with Gasteiger partial charge in [-0.05, 0) is 13.8 Å². The highest BCUT2D eigenvalue weighted by Gasteiger charge is 2.11. The van der Waals surface area contributed by atoms with E-state index in [0.29, 0.717) is 0 Å². The van der Waals surface area contributed by atoms with Crippen LogP contribution in [-0.2, 0) is 18.6 Å². The first-order valence-electron chi connectivity index (χ1n) is 5.09. The molecule has 0 radical (unpaired) electrons. The second kappa shape index (κ2) is 8.84. The Hall–Kier alpha value is -0.260. The van der Waals surface area contributed by atoms with Gasteiger partial charge in [-0.3, -0.25) is 0 Å². The van der Waals surface area contributed by atoms with E-state index in [1.54, 1.807) is 13.8 Å². The van der Waals surface area contributed by atoms with Gasteiger partial charge in [0.25, 0.3) is 0 Å². The predicted molar refractivity (Wildman–Crippen MR) is 57.1 cm³/mol. The van der Waals surface area contributed by atoms with Gasteiger partial charge in [0, 0.05) is 0 Å². The van der Waals surface area contributed by atoms with Gasteiger partial charge in [-0.25, -0.2) is 9.13 Å². The number of ether oxygens (including phenoxy) is 2. The summed E-state index contributed by atoms with van der Waals surface area (Å²) in [5, 5.41) is 17.9. The van der Waals surface area contributed by atoms with Crippen molar-refractivity contribution in [2.24, 2.45) is 0 Å². The van der Waals surface area contributed by atoms with Crippen LogP contribution in [0, 0.1) is 0 Å². The molecule has 0 rings (SSSR count). The van der Waals surface area contributed by atoms with Crippen molar-refractivity contribution in [2.75, 3.05) is 26.0 Å². The Morgan fingerprint density at radius 1 is 1.12 bits per heavy atom. The fourth-order valence-corrected chi connectivity index (χ4v) is 1.35. The Morgan fingerprint density at radius 3 is 2.19 bits per heavy atom. The summed E-state index contributed by atoms with van der Waals surface area (Å²) in [6.07, 6.45) is -1.81. The van der Waals surface area contributed by atoms with Gasteiger partial charge in [-0.2, -0.15) is 0 Å². The molecule has 0 amide bonds. The van der Waals surface area contributed by atoms with Crippen molar-refractivity contribution in [2.45, 2.75) is 32.2 Å². The molecule has 0 aromatic heterocycles. The first-order valence-corrected chi connectivity index (χ1v) is 6.46. The maximum absolute atomic E-state index is 10.3. The molecule has 0 aliphatic rings. The van der Waals surface area contributed by atoms with Crippen LogP contribution in [0.3, 0.4) is 0 Å². The number of hydrogen-bond donors (Lipinski definition) is 2. The summed E-state index contributed by atoms with van der Waals surface area (Å²) < 4.78 is 30.9. The number of aliphatic hydroxyl groups is 2. The van der Waals surface area contributed by atoms with Crippen LogP contribution in [0.25, 0.3) is 0 Å². The second-order valence-electron chi connectivity index (χ2n) is 3.64. The minimum Gasteiger partial charge on any atom is -0.394 e. The molecule has 6 nitrogen and oxygen atoms in total. The zero-order chi connectivity index (χ0) is 12.6. The molecule has 0 aliphatic heterocycles. The van der Waals surface area contributed by atoms with Crippen LogP contribution < -0.4 is 0 Å². The van der Waals surface area contributed by atoms with E-state index in [0.717, 1.165) is 0 Å². The van der Waals surface area contributed by atoms with Crippen molar-refractivity contribution in [1.29, 1.82) is 0 Å². The van der Waals surface area contributed by atoms with Crippen molar-refractivity contribution >= 4 is 7.68 Å². The summed E-state index contributed by atoms with van der Waals surface area (Å²) in [6, 6.07) is 0. The van der Waals surface area contributed by atoms with Crippen LogP contribution >= 0.6 is 7.68 Å². The zero-order valence-corrected chi connectivity index (χ0v) is 10.4. The normalized spacial score (nSPS) is 16.8. The van der Waals surface area contributed by atoms with Gasteiger partial charge in [0.2, 0.25) is 0 Å². The Kier molecular flexibility index (Phi) is 8.70. The first kappa shape index (κ1) is 15.7. The van der Waals surface area contributed by atoms with E-state index in [2.05, 4.69) is 0 Å². The molecule has 0 saturated carbocycles. The zero-order valence-electron chi connectivity index (χ0n) is 9.54. The molecule has 3 unspecified atom stereocenters. The Bertz CT molecular complexity index is 234. The SMILES string of the molecule is CC(CO)OCC(C)OCC(O)CP(=O)=O. The van der Waals surface area contributed by atoms with E-state index in [1.807, 2.05) is 0 Å². The lowest BCUT2D eigenvalue weighted by molar-refractivity contribution is -0.0616. The highest BCUT2D eigenvalue weighted by molar-refractivity contribution is 7.30. The Balaban J connectivity index is 3.60. The molecule has 3 atom stereocenters. The summed E-state index contributed by atoms with van der Waals surface area (Å²) in [5.74, 6) is 0. The average molecular weight is 254 g/mol. The molecule has 0 aliphatic carbocycles. The van der Waals surface area contributed by atoms with E-state index >= 15 is 0 Å². The van der Waals surface area contributed by atoms with Gasteiger partial charge < -0.3 is 19.7 Å². The lowest BCUT2D eigenvalue weighted by Gasteiger charge is -2.17. The molecule has 96 valence electrons. The highest BCUT2D eigenvalue weighted by Crippen LogP contribution is 2.06. The first-order chi connectivity index (χ1) is 7.45. The van der Waals surface area contributed by atoms with Crippen molar-refractivity contribution < 1.29 is 28.8 Å². The minimum absolute atomic E-state index is 0.0403.